The summed E-state index contributed by atoms with van der Waals surface area (Å²) in [5, 5.41) is 9.64. The van der Waals surface area contributed by atoms with Gasteiger partial charge in [-0.15, -0.1) is 0 Å². The minimum atomic E-state index is -0.859. The van der Waals surface area contributed by atoms with Crippen molar-refractivity contribution in [3.63, 3.8) is 0 Å². The standard InChI is InChI=1S/C14H16N2O2/c1-10-8-18-13-11(6-5-7-12(13)17-4)14(10,9-15)16(2)3/h5-7H,1,8H2,2-4H3. The van der Waals surface area contributed by atoms with E-state index in [0.29, 0.717) is 18.1 Å². The van der Waals surface area contributed by atoms with E-state index in [-0.39, 0.29) is 0 Å². The zero-order valence-electron chi connectivity index (χ0n) is 10.9. The van der Waals surface area contributed by atoms with Gasteiger partial charge in [-0.1, -0.05) is 18.7 Å². The minimum Gasteiger partial charge on any atom is -0.493 e. The summed E-state index contributed by atoms with van der Waals surface area (Å²) in [5.41, 5.74) is 0.656. The number of para-hydroxylation sites is 1. The SMILES string of the molecule is C=C1COc2c(OC)cccc2C1(C#N)N(C)C. The van der Waals surface area contributed by atoms with Gasteiger partial charge in [-0.05, 0) is 25.7 Å². The Bertz CT molecular complexity index is 531. The molecule has 1 heterocycles. The number of rotatable bonds is 2. The maximum absolute atomic E-state index is 9.64. The first kappa shape index (κ1) is 12.5. The predicted molar refractivity (Wildman–Crippen MR) is 68.6 cm³/mol. The Kier molecular flexibility index (Phi) is 3.02. The Morgan fingerprint density at radius 3 is 2.78 bits per heavy atom. The first-order valence-corrected chi connectivity index (χ1v) is 5.65. The maximum Gasteiger partial charge on any atom is 0.168 e. The number of ether oxygens (including phenoxy) is 2. The van der Waals surface area contributed by atoms with Crippen LogP contribution in [-0.2, 0) is 5.54 Å². The van der Waals surface area contributed by atoms with E-state index in [9.17, 15) is 5.26 Å². The fraction of sp³-hybridized carbons (Fsp3) is 0.357. The fourth-order valence-electron chi connectivity index (χ4n) is 2.36. The largest absolute Gasteiger partial charge is 0.493 e. The molecule has 1 aliphatic heterocycles. The highest BCUT2D eigenvalue weighted by Gasteiger charge is 2.44. The Morgan fingerprint density at radius 1 is 1.50 bits per heavy atom. The predicted octanol–water partition coefficient (Wildman–Crippen LogP) is 1.92. The van der Waals surface area contributed by atoms with Crippen molar-refractivity contribution in [3.8, 4) is 17.6 Å². The highest BCUT2D eigenvalue weighted by atomic mass is 16.5. The maximum atomic E-state index is 9.64. The molecule has 0 saturated carbocycles. The van der Waals surface area contributed by atoms with E-state index >= 15 is 0 Å². The molecule has 0 radical (unpaired) electrons. The number of hydrogen-bond acceptors (Lipinski definition) is 4. The number of likely N-dealkylation sites (N-methyl/N-ethyl adjacent to an activating group) is 1. The third-order valence-electron chi connectivity index (χ3n) is 3.32. The quantitative estimate of drug-likeness (QED) is 0.746. The molecule has 1 unspecified atom stereocenters. The highest BCUT2D eigenvalue weighted by molar-refractivity contribution is 5.58. The van der Waals surface area contributed by atoms with E-state index in [1.807, 2.05) is 37.2 Å². The molecule has 1 atom stereocenters. The molecule has 4 heteroatoms. The van der Waals surface area contributed by atoms with Crippen molar-refractivity contribution >= 4 is 0 Å². The number of methoxy groups -OCH3 is 1. The second-order valence-corrected chi connectivity index (χ2v) is 4.45. The molecule has 4 nitrogen and oxygen atoms in total. The van der Waals surface area contributed by atoms with E-state index in [1.54, 1.807) is 7.11 Å². The van der Waals surface area contributed by atoms with Gasteiger partial charge in [0, 0.05) is 5.56 Å². The lowest BCUT2D eigenvalue weighted by atomic mass is 9.81. The van der Waals surface area contributed by atoms with Crippen LogP contribution in [0.3, 0.4) is 0 Å². The molecule has 0 amide bonds. The molecule has 2 rings (SSSR count). The number of hydrogen-bond donors (Lipinski definition) is 0. The molecule has 0 aromatic heterocycles. The average Bonchev–Trinajstić information content (AvgIpc) is 2.37. The van der Waals surface area contributed by atoms with Crippen LogP contribution in [0.2, 0.25) is 0 Å². The van der Waals surface area contributed by atoms with Gasteiger partial charge in [-0.2, -0.15) is 5.26 Å². The molecule has 18 heavy (non-hydrogen) atoms. The van der Waals surface area contributed by atoms with Crippen molar-refractivity contribution in [2.75, 3.05) is 27.8 Å². The van der Waals surface area contributed by atoms with Crippen LogP contribution in [0.4, 0.5) is 0 Å². The van der Waals surface area contributed by atoms with Crippen molar-refractivity contribution in [3.05, 3.63) is 35.9 Å². The van der Waals surface area contributed by atoms with Gasteiger partial charge in [0.05, 0.1) is 13.2 Å². The molecule has 1 aromatic carbocycles. The summed E-state index contributed by atoms with van der Waals surface area (Å²) in [6.07, 6.45) is 0. The van der Waals surface area contributed by atoms with E-state index in [1.165, 1.54) is 0 Å². The van der Waals surface area contributed by atoms with E-state index in [0.717, 1.165) is 11.1 Å². The molecule has 1 aliphatic rings. The van der Waals surface area contributed by atoms with Crippen LogP contribution >= 0.6 is 0 Å². The Balaban J connectivity index is 2.73. The van der Waals surface area contributed by atoms with Crippen LogP contribution in [0.1, 0.15) is 5.56 Å². The highest BCUT2D eigenvalue weighted by Crippen LogP contribution is 2.46. The summed E-state index contributed by atoms with van der Waals surface area (Å²) in [7, 11) is 5.32. The summed E-state index contributed by atoms with van der Waals surface area (Å²) in [4.78, 5) is 1.86. The van der Waals surface area contributed by atoms with Gasteiger partial charge in [0.1, 0.15) is 6.61 Å². The van der Waals surface area contributed by atoms with Crippen LogP contribution in [0.15, 0.2) is 30.4 Å². The lowest BCUT2D eigenvalue weighted by molar-refractivity contribution is 0.193. The molecule has 0 fully saturated rings. The molecule has 0 spiro atoms. The first-order chi connectivity index (χ1) is 8.57. The van der Waals surface area contributed by atoms with Crippen molar-refractivity contribution in [1.29, 1.82) is 5.26 Å². The Labute approximate surface area is 107 Å². The third kappa shape index (κ3) is 1.48. The number of benzene rings is 1. The van der Waals surface area contributed by atoms with Crippen LogP contribution < -0.4 is 9.47 Å². The van der Waals surface area contributed by atoms with Crippen molar-refractivity contribution < 1.29 is 9.47 Å². The number of fused-ring (bicyclic) bond motifs is 1. The smallest absolute Gasteiger partial charge is 0.168 e. The van der Waals surface area contributed by atoms with Gasteiger partial charge < -0.3 is 9.47 Å². The lowest BCUT2D eigenvalue weighted by Gasteiger charge is -2.40. The van der Waals surface area contributed by atoms with E-state index in [4.69, 9.17) is 9.47 Å². The zero-order chi connectivity index (χ0) is 13.3. The Morgan fingerprint density at radius 2 is 2.22 bits per heavy atom. The third-order valence-corrected chi connectivity index (χ3v) is 3.32. The molecular weight excluding hydrogens is 228 g/mol. The van der Waals surface area contributed by atoms with Crippen molar-refractivity contribution in [2.24, 2.45) is 0 Å². The summed E-state index contributed by atoms with van der Waals surface area (Å²) in [6.45, 7) is 4.30. The van der Waals surface area contributed by atoms with Gasteiger partial charge >= 0.3 is 0 Å². The number of nitrogens with zero attached hydrogens (tertiary/aromatic N) is 2. The lowest BCUT2D eigenvalue weighted by Crippen LogP contribution is -2.45. The molecule has 94 valence electrons. The number of nitriles is 1. The zero-order valence-corrected chi connectivity index (χ0v) is 10.9. The van der Waals surface area contributed by atoms with Crippen LogP contribution in [0, 0.1) is 11.3 Å². The van der Waals surface area contributed by atoms with Crippen LogP contribution in [-0.4, -0.2) is 32.7 Å². The van der Waals surface area contributed by atoms with E-state index < -0.39 is 5.54 Å². The molecule has 0 bridgehead atoms. The topological polar surface area (TPSA) is 45.5 Å². The molecule has 0 aliphatic carbocycles. The second-order valence-electron chi connectivity index (χ2n) is 4.45. The minimum absolute atomic E-state index is 0.319. The molecule has 0 N–H and O–H groups in total. The van der Waals surface area contributed by atoms with Gasteiger partial charge in [-0.25, -0.2) is 0 Å². The summed E-state index contributed by atoms with van der Waals surface area (Å²) in [5.74, 6) is 1.27. The van der Waals surface area contributed by atoms with Gasteiger partial charge in [-0.3, -0.25) is 4.90 Å². The summed E-state index contributed by atoms with van der Waals surface area (Å²) >= 11 is 0. The fourth-order valence-corrected chi connectivity index (χ4v) is 2.36. The first-order valence-electron chi connectivity index (χ1n) is 5.65. The molecule has 1 aromatic rings. The van der Waals surface area contributed by atoms with Gasteiger partial charge in [0.15, 0.2) is 17.0 Å². The monoisotopic (exact) mass is 244 g/mol. The van der Waals surface area contributed by atoms with Gasteiger partial charge in [0.2, 0.25) is 0 Å². The van der Waals surface area contributed by atoms with Crippen LogP contribution in [0.5, 0.6) is 11.5 Å². The normalized spacial score (nSPS) is 22.1. The van der Waals surface area contributed by atoms with E-state index in [2.05, 4.69) is 12.6 Å². The second kappa shape index (κ2) is 4.35. The van der Waals surface area contributed by atoms with Crippen LogP contribution in [0.25, 0.3) is 0 Å². The molecular formula is C14H16N2O2. The Hall–Kier alpha value is -1.99. The average molecular weight is 244 g/mol. The van der Waals surface area contributed by atoms with Gasteiger partial charge in [0.25, 0.3) is 0 Å². The van der Waals surface area contributed by atoms with Crippen molar-refractivity contribution in [1.82, 2.24) is 4.90 Å². The molecule has 0 saturated heterocycles. The van der Waals surface area contributed by atoms with Crippen molar-refractivity contribution in [2.45, 2.75) is 5.54 Å². The summed E-state index contributed by atoms with van der Waals surface area (Å²) < 4.78 is 10.9. The summed E-state index contributed by atoms with van der Waals surface area (Å²) in [6, 6.07) is 7.93.